The Kier molecular flexibility index (Phi) is 23.5. The molecule has 49 heavy (non-hydrogen) atoms. The van der Waals surface area contributed by atoms with Gasteiger partial charge in [-0.25, -0.2) is 0 Å². The van der Waals surface area contributed by atoms with Gasteiger partial charge in [-0.1, -0.05) is 34.1 Å². The number of amides is 5. The Bertz CT molecular complexity index is 1090. The number of hydrogen-bond acceptors (Lipinski definition) is 10. The second-order valence-electron chi connectivity index (χ2n) is 12.4. The fourth-order valence-electron chi connectivity index (χ4n) is 4.67. The van der Waals surface area contributed by atoms with E-state index < -0.39 is 72.3 Å². The maximum Gasteiger partial charge on any atom is 0.322 e. The predicted molar refractivity (Wildman–Crippen MR) is 191 cm³/mol. The number of nitrogens with one attached hydrogen (secondary N) is 5. The minimum absolute atomic E-state index is 0.0261. The number of nitrogens with zero attached hydrogens (tertiary/aromatic N) is 1. The van der Waals surface area contributed by atoms with E-state index in [1.165, 1.54) is 0 Å². The molecule has 17 nitrogen and oxygen atoms in total. The summed E-state index contributed by atoms with van der Waals surface area (Å²) in [4.78, 5) is 81.5. The average Bonchev–Trinajstić information content (AvgIpc) is 3.04. The van der Waals surface area contributed by atoms with E-state index in [9.17, 15) is 28.8 Å². The molecule has 0 aliphatic rings. The first-order valence-corrected chi connectivity index (χ1v) is 18.2. The topological polar surface area (TPSA) is 299 Å². The fraction of sp³-hybridized carbons (Fsp3) is 0.774. The minimum atomic E-state index is -1.25. The molecular weight excluding hydrogens is 656 g/mol. The Labute approximate surface area is 294 Å². The van der Waals surface area contributed by atoms with E-state index in [1.807, 2.05) is 27.0 Å². The summed E-state index contributed by atoms with van der Waals surface area (Å²) in [7, 11) is 0. The van der Waals surface area contributed by atoms with Gasteiger partial charge in [0.05, 0.1) is 6.04 Å². The van der Waals surface area contributed by atoms with Crippen molar-refractivity contribution >= 4 is 53.2 Å². The minimum Gasteiger partial charge on any atom is -0.480 e. The average molecular weight is 717 g/mol. The van der Waals surface area contributed by atoms with Crippen LogP contribution in [0.15, 0.2) is 4.99 Å². The summed E-state index contributed by atoms with van der Waals surface area (Å²) < 4.78 is 0. The van der Waals surface area contributed by atoms with Crippen molar-refractivity contribution in [2.45, 2.75) is 109 Å². The van der Waals surface area contributed by atoms with Gasteiger partial charge in [0.15, 0.2) is 5.96 Å². The molecular formula is C31H60N10O7S. The third-order valence-electron chi connectivity index (χ3n) is 7.68. The molecule has 14 N–H and O–H groups in total. The van der Waals surface area contributed by atoms with Crippen LogP contribution in [0.1, 0.15) is 79.1 Å². The molecule has 0 unspecified atom stereocenters. The zero-order valence-corrected chi connectivity index (χ0v) is 30.4. The number of hydrogen-bond donors (Lipinski definition) is 10. The highest BCUT2D eigenvalue weighted by Gasteiger charge is 2.34. The smallest absolute Gasteiger partial charge is 0.322 e. The van der Waals surface area contributed by atoms with Gasteiger partial charge in [-0.15, -0.1) is 0 Å². The van der Waals surface area contributed by atoms with Gasteiger partial charge in [0.1, 0.15) is 30.7 Å². The number of guanidine groups is 1. The zero-order chi connectivity index (χ0) is 37.5. The number of nitrogens with two attached hydrogens (primary N) is 4. The Balaban J connectivity index is 6.17. The van der Waals surface area contributed by atoms with Crippen molar-refractivity contribution < 1.29 is 33.9 Å². The highest BCUT2D eigenvalue weighted by molar-refractivity contribution is 7.98. The van der Waals surface area contributed by atoms with Crippen molar-refractivity contribution in [2.24, 2.45) is 39.8 Å². The number of aliphatic imine (C=N–C) groups is 1. The van der Waals surface area contributed by atoms with Crippen molar-refractivity contribution in [3.63, 3.8) is 0 Å². The van der Waals surface area contributed by atoms with Gasteiger partial charge in [-0.05, 0) is 75.3 Å². The number of carbonyl (C=O) groups is 6. The van der Waals surface area contributed by atoms with Crippen molar-refractivity contribution in [2.75, 3.05) is 31.6 Å². The first-order valence-electron chi connectivity index (χ1n) is 16.8. The second kappa shape index (κ2) is 25.3. The van der Waals surface area contributed by atoms with E-state index in [4.69, 9.17) is 28.0 Å². The highest BCUT2D eigenvalue weighted by Crippen LogP contribution is 2.13. The van der Waals surface area contributed by atoms with Gasteiger partial charge in [0, 0.05) is 6.54 Å². The van der Waals surface area contributed by atoms with Crippen LogP contribution >= 0.6 is 11.8 Å². The molecule has 0 aliphatic heterocycles. The number of carbonyl (C=O) groups excluding carboxylic acids is 5. The van der Waals surface area contributed by atoms with Gasteiger partial charge >= 0.3 is 5.97 Å². The maximum atomic E-state index is 13.8. The van der Waals surface area contributed by atoms with Crippen molar-refractivity contribution in [3.8, 4) is 0 Å². The summed E-state index contributed by atoms with van der Waals surface area (Å²) in [5, 5.41) is 22.1. The Hall–Kier alpha value is -3.64. The molecule has 0 fully saturated rings. The Morgan fingerprint density at radius 2 is 1.35 bits per heavy atom. The molecule has 0 bridgehead atoms. The van der Waals surface area contributed by atoms with E-state index >= 15 is 0 Å². The molecule has 0 aromatic heterocycles. The molecule has 0 saturated heterocycles. The van der Waals surface area contributed by atoms with Crippen LogP contribution in [0.25, 0.3) is 0 Å². The molecule has 0 aromatic rings. The predicted octanol–water partition coefficient (Wildman–Crippen LogP) is -1.52. The lowest BCUT2D eigenvalue weighted by molar-refractivity contribution is -0.138. The summed E-state index contributed by atoms with van der Waals surface area (Å²) in [6.45, 7) is 7.28. The maximum absolute atomic E-state index is 13.8. The van der Waals surface area contributed by atoms with Gasteiger partial charge < -0.3 is 54.6 Å². The number of thioether (sulfide) groups is 1. The Morgan fingerprint density at radius 1 is 0.776 bits per heavy atom. The van der Waals surface area contributed by atoms with Gasteiger partial charge in [-0.2, -0.15) is 11.8 Å². The number of unbranched alkanes of at least 4 members (excludes halogenated alkanes) is 1. The van der Waals surface area contributed by atoms with Crippen LogP contribution in [0.4, 0.5) is 0 Å². The zero-order valence-electron chi connectivity index (χ0n) is 29.6. The van der Waals surface area contributed by atoms with Crippen LogP contribution in [0.2, 0.25) is 0 Å². The molecule has 0 saturated carbocycles. The highest BCUT2D eigenvalue weighted by atomic mass is 32.2. The fourth-order valence-corrected chi connectivity index (χ4v) is 5.16. The van der Waals surface area contributed by atoms with Crippen LogP contribution in [0.3, 0.4) is 0 Å². The first-order chi connectivity index (χ1) is 23.1. The van der Waals surface area contributed by atoms with E-state index in [2.05, 4.69) is 31.6 Å². The first kappa shape index (κ1) is 45.4. The van der Waals surface area contributed by atoms with Crippen molar-refractivity contribution in [3.05, 3.63) is 0 Å². The lowest BCUT2D eigenvalue weighted by Gasteiger charge is -2.29. The van der Waals surface area contributed by atoms with Crippen molar-refractivity contribution in [1.29, 1.82) is 0 Å². The van der Waals surface area contributed by atoms with E-state index in [0.29, 0.717) is 44.4 Å². The number of carboxylic acid groups (broad SMARTS) is 1. The van der Waals surface area contributed by atoms with Crippen molar-refractivity contribution in [1.82, 2.24) is 26.6 Å². The lowest BCUT2D eigenvalue weighted by atomic mass is 9.96. The van der Waals surface area contributed by atoms with Crippen LogP contribution in [-0.4, -0.2) is 108 Å². The molecule has 282 valence electrons. The molecule has 18 heteroatoms. The standard InChI is InChI=1S/C31H60N10O7S/c1-6-19(4)25(41-29(47)23(16-18(2)3)40-26(44)20(33)12-15-49-5)30(48)39-22(11-9-14-36-31(34)35)28(46)38-21(10-7-8-13-32)27(45)37-17-24(42)43/h18-23,25H,6-17,32-33H2,1-5H3,(H,37,45)(H,38,46)(H,39,48)(H,40,44)(H,41,47)(H,42,43)(H4,34,35,36)/t19-,20-,21-,22-,23-,25-/m0/s1. The molecule has 5 amide bonds. The third kappa shape index (κ3) is 19.8. The Morgan fingerprint density at radius 3 is 1.90 bits per heavy atom. The summed E-state index contributed by atoms with van der Waals surface area (Å²) >= 11 is 1.55. The van der Waals surface area contributed by atoms with Gasteiger partial charge in [-0.3, -0.25) is 33.8 Å². The molecule has 6 atom stereocenters. The molecule has 0 radical (unpaired) electrons. The number of rotatable bonds is 26. The largest absolute Gasteiger partial charge is 0.480 e. The molecule has 0 spiro atoms. The van der Waals surface area contributed by atoms with Crippen LogP contribution < -0.4 is 49.5 Å². The van der Waals surface area contributed by atoms with E-state index in [0.717, 1.165) is 0 Å². The quantitative estimate of drug-likeness (QED) is 0.0277. The summed E-state index contributed by atoms with van der Waals surface area (Å²) in [5.41, 5.74) is 22.5. The van der Waals surface area contributed by atoms with Crippen LogP contribution in [-0.2, 0) is 28.8 Å². The normalized spacial score (nSPS) is 14.7. The second-order valence-corrected chi connectivity index (χ2v) is 13.4. The van der Waals surface area contributed by atoms with Gasteiger partial charge in [0.2, 0.25) is 29.5 Å². The SMILES string of the molecule is CC[C@H](C)[C@H](NC(=O)[C@H](CC(C)C)NC(=O)[C@@H](N)CCSC)C(=O)N[C@@H](CCCN=C(N)N)C(=O)N[C@@H](CCCCN)C(=O)NCC(=O)O. The van der Waals surface area contributed by atoms with E-state index in [1.54, 1.807) is 18.7 Å². The molecule has 0 aromatic carbocycles. The number of carboxylic acids is 1. The monoisotopic (exact) mass is 716 g/mol. The van der Waals surface area contributed by atoms with Gasteiger partial charge in [0.25, 0.3) is 0 Å². The van der Waals surface area contributed by atoms with E-state index in [-0.39, 0.29) is 43.6 Å². The summed E-state index contributed by atoms with van der Waals surface area (Å²) in [6.07, 6.45) is 4.69. The third-order valence-corrected chi connectivity index (χ3v) is 8.32. The molecule has 0 rings (SSSR count). The molecule has 0 aliphatic carbocycles. The summed E-state index contributed by atoms with van der Waals surface area (Å²) in [6, 6.07) is -5.10. The van der Waals surface area contributed by atoms with Crippen LogP contribution in [0, 0.1) is 11.8 Å². The lowest BCUT2D eigenvalue weighted by Crippen LogP contribution is -2.60. The van der Waals surface area contributed by atoms with Crippen LogP contribution in [0.5, 0.6) is 0 Å². The summed E-state index contributed by atoms with van der Waals surface area (Å²) in [5.74, 6) is -4.15. The molecule has 0 heterocycles. The number of aliphatic carboxylic acids is 1.